The summed E-state index contributed by atoms with van der Waals surface area (Å²) in [4.78, 5) is 26.6. The minimum atomic E-state index is -4.58. The third kappa shape index (κ3) is 5.75. The largest absolute Gasteiger partial charge is 0.452 e. The van der Waals surface area contributed by atoms with Crippen LogP contribution in [0.25, 0.3) is 0 Å². The van der Waals surface area contributed by atoms with Crippen LogP contribution in [0.2, 0.25) is 0 Å². The van der Waals surface area contributed by atoms with Crippen molar-refractivity contribution < 1.29 is 22.7 Å². The van der Waals surface area contributed by atoms with E-state index in [1.54, 1.807) is 32.2 Å². The van der Waals surface area contributed by atoms with Gasteiger partial charge < -0.3 is 15.0 Å². The van der Waals surface area contributed by atoms with Gasteiger partial charge in [0.2, 0.25) is 11.0 Å². The molecule has 1 saturated heterocycles. The van der Waals surface area contributed by atoms with E-state index in [0.717, 1.165) is 43.1 Å². The monoisotopic (exact) mass is 520 g/mol. The highest BCUT2D eigenvalue weighted by Crippen LogP contribution is 2.38. The fraction of sp³-hybridized carbons (Fsp3) is 0.458. The number of aryl methyl sites for hydroxylation is 1. The Balaban J connectivity index is 1.53. The predicted octanol–water partition coefficient (Wildman–Crippen LogP) is 6.08. The minimum Gasteiger partial charge on any atom is -0.452 e. The van der Waals surface area contributed by atoms with Crippen LogP contribution in [-0.2, 0) is 11.0 Å². The van der Waals surface area contributed by atoms with E-state index in [4.69, 9.17) is 4.74 Å². The van der Waals surface area contributed by atoms with E-state index in [2.05, 4.69) is 31.6 Å². The van der Waals surface area contributed by atoms with Gasteiger partial charge in [-0.3, -0.25) is 9.78 Å². The SMILES string of the molecule is CC(=O)N1C(C)CCC1CC(C)c1nsc(Nc2ncc(C(F)(F)F)cc2Oc2cccnc2C)n1. The summed E-state index contributed by atoms with van der Waals surface area (Å²) in [6.07, 6.45) is 0.361. The predicted molar refractivity (Wildman–Crippen MR) is 130 cm³/mol. The number of hydrogen-bond donors (Lipinski definition) is 1. The lowest BCUT2D eigenvalue weighted by Gasteiger charge is -2.28. The van der Waals surface area contributed by atoms with E-state index in [1.165, 1.54) is 0 Å². The molecule has 0 bridgehead atoms. The van der Waals surface area contributed by atoms with Crippen LogP contribution in [0.15, 0.2) is 30.6 Å². The molecule has 12 heteroatoms. The molecule has 0 saturated carbocycles. The van der Waals surface area contributed by atoms with Gasteiger partial charge in [0.15, 0.2) is 11.6 Å². The molecule has 4 rings (SSSR count). The Morgan fingerprint density at radius 3 is 2.78 bits per heavy atom. The number of anilines is 2. The molecule has 3 aromatic heterocycles. The van der Waals surface area contributed by atoms with Crippen LogP contribution in [-0.4, -0.2) is 42.2 Å². The number of nitrogens with zero attached hydrogens (tertiary/aromatic N) is 5. The van der Waals surface area contributed by atoms with Crippen LogP contribution in [0, 0.1) is 6.92 Å². The number of nitrogens with one attached hydrogen (secondary N) is 1. The molecule has 0 aromatic carbocycles. The number of carbonyl (C=O) groups is 1. The zero-order valence-electron chi connectivity index (χ0n) is 20.3. The van der Waals surface area contributed by atoms with Crippen molar-refractivity contribution in [3.63, 3.8) is 0 Å². The summed E-state index contributed by atoms with van der Waals surface area (Å²) < 4.78 is 50.2. The third-order valence-corrected chi connectivity index (χ3v) is 6.89. The number of likely N-dealkylation sites (tertiary alicyclic amines) is 1. The first-order valence-electron chi connectivity index (χ1n) is 11.6. The van der Waals surface area contributed by atoms with Crippen LogP contribution in [0.5, 0.6) is 11.5 Å². The molecular weight excluding hydrogens is 493 g/mol. The number of aromatic nitrogens is 4. The van der Waals surface area contributed by atoms with Crippen LogP contribution in [0.4, 0.5) is 24.1 Å². The first-order valence-corrected chi connectivity index (χ1v) is 12.4. The number of rotatable bonds is 7. The Bertz CT molecular complexity index is 1230. The number of halogens is 3. The number of ether oxygens (including phenoxy) is 1. The summed E-state index contributed by atoms with van der Waals surface area (Å²) in [6.45, 7) is 7.34. The maximum atomic E-state index is 13.3. The molecule has 3 unspecified atom stereocenters. The first-order chi connectivity index (χ1) is 17.0. The Morgan fingerprint density at radius 1 is 1.31 bits per heavy atom. The fourth-order valence-electron chi connectivity index (χ4n) is 4.44. The van der Waals surface area contributed by atoms with E-state index in [1.807, 2.05) is 11.8 Å². The lowest BCUT2D eigenvalue weighted by molar-refractivity contribution is -0.138. The lowest BCUT2D eigenvalue weighted by atomic mass is 9.99. The zero-order valence-corrected chi connectivity index (χ0v) is 21.2. The molecule has 8 nitrogen and oxygen atoms in total. The lowest BCUT2D eigenvalue weighted by Crippen LogP contribution is -2.39. The first kappa shape index (κ1) is 25.8. The Morgan fingerprint density at radius 2 is 2.08 bits per heavy atom. The average Bonchev–Trinajstić information content (AvgIpc) is 3.42. The van der Waals surface area contributed by atoms with Crippen molar-refractivity contribution in [3.8, 4) is 11.5 Å². The Kier molecular flexibility index (Phi) is 7.43. The zero-order chi connectivity index (χ0) is 26.0. The maximum absolute atomic E-state index is 13.3. The molecule has 0 radical (unpaired) electrons. The van der Waals surface area contributed by atoms with Gasteiger partial charge in [0.25, 0.3) is 0 Å². The second kappa shape index (κ2) is 10.4. The number of amides is 1. The minimum absolute atomic E-state index is 0.0109. The molecule has 1 N–H and O–H groups in total. The number of hydrogen-bond acceptors (Lipinski definition) is 8. The summed E-state index contributed by atoms with van der Waals surface area (Å²) in [5.41, 5.74) is -0.411. The van der Waals surface area contributed by atoms with Crippen molar-refractivity contribution in [3.05, 3.63) is 47.7 Å². The molecule has 36 heavy (non-hydrogen) atoms. The van der Waals surface area contributed by atoms with Gasteiger partial charge in [-0.05, 0) is 51.3 Å². The molecule has 1 amide bonds. The normalized spacial score (nSPS) is 18.8. The van der Waals surface area contributed by atoms with Crippen LogP contribution < -0.4 is 10.1 Å². The van der Waals surface area contributed by atoms with Gasteiger partial charge in [-0.25, -0.2) is 9.97 Å². The number of pyridine rings is 2. The van der Waals surface area contributed by atoms with Crippen molar-refractivity contribution in [2.75, 3.05) is 5.32 Å². The van der Waals surface area contributed by atoms with Crippen LogP contribution in [0.1, 0.15) is 63.0 Å². The van der Waals surface area contributed by atoms with E-state index in [0.29, 0.717) is 22.4 Å². The summed E-state index contributed by atoms with van der Waals surface area (Å²) in [6, 6.07) is 4.49. The van der Waals surface area contributed by atoms with Gasteiger partial charge in [-0.2, -0.15) is 17.5 Å². The maximum Gasteiger partial charge on any atom is 0.418 e. The smallest absolute Gasteiger partial charge is 0.418 e. The van der Waals surface area contributed by atoms with E-state index in [-0.39, 0.29) is 35.5 Å². The van der Waals surface area contributed by atoms with Gasteiger partial charge in [-0.1, -0.05) is 6.92 Å². The molecule has 1 aliphatic rings. The summed E-state index contributed by atoms with van der Waals surface area (Å²) >= 11 is 1.08. The molecule has 1 aliphatic heterocycles. The Hall–Kier alpha value is -3.28. The van der Waals surface area contributed by atoms with Crippen molar-refractivity contribution in [1.29, 1.82) is 0 Å². The van der Waals surface area contributed by atoms with Crippen molar-refractivity contribution in [1.82, 2.24) is 24.2 Å². The topological polar surface area (TPSA) is 93.1 Å². The van der Waals surface area contributed by atoms with Crippen molar-refractivity contribution in [2.24, 2.45) is 0 Å². The van der Waals surface area contributed by atoms with Gasteiger partial charge in [0.05, 0.1) is 11.3 Å². The van der Waals surface area contributed by atoms with E-state index >= 15 is 0 Å². The molecule has 192 valence electrons. The van der Waals surface area contributed by atoms with Crippen LogP contribution in [0.3, 0.4) is 0 Å². The molecule has 0 aliphatic carbocycles. The molecule has 1 fully saturated rings. The quantitative estimate of drug-likeness (QED) is 0.403. The molecule has 3 aromatic rings. The van der Waals surface area contributed by atoms with Gasteiger partial charge in [0.1, 0.15) is 11.6 Å². The van der Waals surface area contributed by atoms with Crippen molar-refractivity contribution >= 4 is 28.4 Å². The van der Waals surface area contributed by atoms with E-state index < -0.39 is 11.7 Å². The molecular formula is C24H27F3N6O2S. The van der Waals surface area contributed by atoms with Gasteiger partial charge >= 0.3 is 6.18 Å². The second-order valence-electron chi connectivity index (χ2n) is 8.98. The highest BCUT2D eigenvalue weighted by Gasteiger charge is 2.34. The summed E-state index contributed by atoms with van der Waals surface area (Å²) in [5, 5.41) is 3.33. The standard InChI is InChI=1S/C24H27F3N6O2S/c1-13(10-18-8-7-14(2)33(18)16(4)34)21-30-23(36-32-21)31-22-20(11-17(12-29-22)24(25,26)27)35-19-6-5-9-28-15(19)3/h5-6,9,11-14,18H,7-8,10H2,1-4H3,(H,29,30,31,32). The number of alkyl halides is 3. The van der Waals surface area contributed by atoms with Crippen LogP contribution >= 0.6 is 11.5 Å². The highest BCUT2D eigenvalue weighted by atomic mass is 32.1. The fourth-order valence-corrected chi connectivity index (χ4v) is 5.12. The molecule has 4 heterocycles. The molecule has 0 spiro atoms. The summed E-state index contributed by atoms with van der Waals surface area (Å²) in [7, 11) is 0. The van der Waals surface area contributed by atoms with E-state index in [9.17, 15) is 18.0 Å². The summed E-state index contributed by atoms with van der Waals surface area (Å²) in [5.74, 6) is 0.938. The Labute approximate surface area is 211 Å². The van der Waals surface area contributed by atoms with Crippen molar-refractivity contribution in [2.45, 2.75) is 71.1 Å². The second-order valence-corrected chi connectivity index (χ2v) is 9.74. The molecule has 3 atom stereocenters. The highest BCUT2D eigenvalue weighted by molar-refractivity contribution is 7.09. The van der Waals surface area contributed by atoms with Gasteiger partial charge in [0, 0.05) is 48.9 Å². The average molecular weight is 521 g/mol. The third-order valence-electron chi connectivity index (χ3n) is 6.24. The van der Waals surface area contributed by atoms with Gasteiger partial charge in [-0.15, -0.1) is 0 Å². The number of carbonyl (C=O) groups excluding carboxylic acids is 1.